The first-order valence-electron chi connectivity index (χ1n) is 9.31. The summed E-state index contributed by atoms with van der Waals surface area (Å²) in [5.41, 5.74) is 1.48. The number of anilines is 1. The van der Waals surface area contributed by atoms with Gasteiger partial charge in [0.1, 0.15) is 5.70 Å². The van der Waals surface area contributed by atoms with Gasteiger partial charge in [-0.2, -0.15) is 0 Å². The van der Waals surface area contributed by atoms with E-state index in [2.05, 4.69) is 11.9 Å². The lowest BCUT2D eigenvalue weighted by Crippen LogP contribution is -2.43. The van der Waals surface area contributed by atoms with Gasteiger partial charge in [-0.05, 0) is 62.6 Å². The van der Waals surface area contributed by atoms with E-state index in [0.717, 1.165) is 30.8 Å². The molecule has 2 aliphatic heterocycles. The van der Waals surface area contributed by atoms with E-state index in [9.17, 15) is 9.59 Å². The summed E-state index contributed by atoms with van der Waals surface area (Å²) in [5.74, 6) is -0.568. The summed E-state index contributed by atoms with van der Waals surface area (Å²) in [7, 11) is 4.04. The number of halogens is 1. The Balaban J connectivity index is 1.75. The quantitative estimate of drug-likeness (QED) is 0.714. The smallest absolute Gasteiger partial charge is 0.282 e. The normalized spacial score (nSPS) is 19.0. The second kappa shape index (κ2) is 7.70. The van der Waals surface area contributed by atoms with Crippen LogP contribution in [-0.4, -0.2) is 54.8 Å². The standard InChI is InChI=1S/C21H22ClN3O2S/c1-23-10-8-15(9-11-23)24(2)19-18(17-7-4-12-28-17)20(26)25(21(19)27)16-6-3-5-14(22)13-16/h3-7,12-13,15H,8-11H2,1-2H3. The van der Waals surface area contributed by atoms with E-state index in [1.807, 2.05) is 29.5 Å². The Labute approximate surface area is 173 Å². The van der Waals surface area contributed by atoms with Gasteiger partial charge in [0.15, 0.2) is 0 Å². The number of hydrogen-bond donors (Lipinski definition) is 0. The Bertz CT molecular complexity index is 933. The minimum atomic E-state index is -0.288. The van der Waals surface area contributed by atoms with E-state index in [1.165, 1.54) is 16.2 Å². The number of nitrogens with zero attached hydrogens (tertiary/aromatic N) is 3. The third kappa shape index (κ3) is 3.36. The zero-order valence-corrected chi connectivity index (χ0v) is 17.5. The van der Waals surface area contributed by atoms with Gasteiger partial charge < -0.3 is 9.80 Å². The van der Waals surface area contributed by atoms with Gasteiger partial charge in [-0.1, -0.05) is 23.7 Å². The minimum Gasteiger partial charge on any atom is -0.366 e. The van der Waals surface area contributed by atoms with Crippen LogP contribution in [0.15, 0.2) is 47.5 Å². The monoisotopic (exact) mass is 415 g/mol. The first kappa shape index (κ1) is 19.2. The lowest BCUT2D eigenvalue weighted by atomic mass is 10.0. The number of likely N-dealkylation sites (N-methyl/N-ethyl adjacent to an activating group) is 1. The maximum atomic E-state index is 13.4. The van der Waals surface area contributed by atoms with Crippen molar-refractivity contribution in [3.8, 4) is 0 Å². The third-order valence-electron chi connectivity index (χ3n) is 5.48. The number of thiophene rings is 1. The highest BCUT2D eigenvalue weighted by molar-refractivity contribution is 7.11. The van der Waals surface area contributed by atoms with Crippen LogP contribution in [-0.2, 0) is 9.59 Å². The molecule has 0 unspecified atom stereocenters. The van der Waals surface area contributed by atoms with Crippen molar-refractivity contribution in [3.05, 3.63) is 57.4 Å². The number of amides is 2. The van der Waals surface area contributed by atoms with Crippen molar-refractivity contribution in [2.45, 2.75) is 18.9 Å². The predicted molar refractivity (Wildman–Crippen MR) is 113 cm³/mol. The fourth-order valence-electron chi connectivity index (χ4n) is 3.90. The zero-order valence-electron chi connectivity index (χ0n) is 15.9. The molecule has 4 rings (SSSR count). The molecule has 1 aromatic carbocycles. The van der Waals surface area contributed by atoms with Crippen LogP contribution >= 0.6 is 22.9 Å². The second-order valence-corrected chi connectivity index (χ2v) is 8.66. The maximum absolute atomic E-state index is 13.4. The lowest BCUT2D eigenvalue weighted by molar-refractivity contribution is -0.120. The van der Waals surface area contributed by atoms with E-state index < -0.39 is 0 Å². The van der Waals surface area contributed by atoms with Crippen molar-refractivity contribution >= 4 is 46.0 Å². The van der Waals surface area contributed by atoms with E-state index >= 15 is 0 Å². The number of likely N-dealkylation sites (tertiary alicyclic amines) is 1. The van der Waals surface area contributed by atoms with Crippen LogP contribution in [0.4, 0.5) is 5.69 Å². The van der Waals surface area contributed by atoms with Crippen molar-refractivity contribution < 1.29 is 9.59 Å². The lowest BCUT2D eigenvalue weighted by Gasteiger charge is -2.36. The molecule has 0 N–H and O–H groups in total. The molecule has 2 aromatic rings. The largest absolute Gasteiger partial charge is 0.366 e. The molecule has 2 aliphatic rings. The molecule has 0 radical (unpaired) electrons. The molecule has 1 aromatic heterocycles. The minimum absolute atomic E-state index is 0.234. The van der Waals surface area contributed by atoms with Gasteiger partial charge in [0.05, 0.1) is 11.3 Å². The van der Waals surface area contributed by atoms with Crippen molar-refractivity contribution in [3.63, 3.8) is 0 Å². The summed E-state index contributed by atoms with van der Waals surface area (Å²) < 4.78 is 0. The molecule has 146 valence electrons. The first-order valence-corrected chi connectivity index (χ1v) is 10.6. The molecule has 1 saturated heterocycles. The van der Waals surface area contributed by atoms with Gasteiger partial charge in [0.25, 0.3) is 11.8 Å². The third-order valence-corrected chi connectivity index (χ3v) is 6.60. The topological polar surface area (TPSA) is 43.9 Å². The number of rotatable bonds is 4. The fraction of sp³-hybridized carbons (Fsp3) is 0.333. The first-order chi connectivity index (χ1) is 13.5. The van der Waals surface area contributed by atoms with Crippen LogP contribution in [0.5, 0.6) is 0 Å². The summed E-state index contributed by atoms with van der Waals surface area (Å²) in [4.78, 5) is 33.2. The van der Waals surface area contributed by atoms with Gasteiger partial charge in [0.2, 0.25) is 0 Å². The molecule has 0 atom stereocenters. The van der Waals surface area contributed by atoms with Gasteiger partial charge in [0, 0.05) is 23.0 Å². The molecule has 28 heavy (non-hydrogen) atoms. The highest BCUT2D eigenvalue weighted by atomic mass is 35.5. The van der Waals surface area contributed by atoms with Gasteiger partial charge in [-0.25, -0.2) is 4.90 Å². The molecule has 0 bridgehead atoms. The van der Waals surface area contributed by atoms with E-state index in [-0.39, 0.29) is 17.9 Å². The number of hydrogen-bond acceptors (Lipinski definition) is 5. The summed E-state index contributed by atoms with van der Waals surface area (Å²) in [6.45, 7) is 1.97. The average Bonchev–Trinajstić information content (AvgIpc) is 3.28. The van der Waals surface area contributed by atoms with Crippen LogP contribution in [0.1, 0.15) is 17.7 Å². The second-order valence-electron chi connectivity index (χ2n) is 7.27. The molecule has 0 saturated carbocycles. The zero-order chi connectivity index (χ0) is 19.8. The molecule has 3 heterocycles. The van der Waals surface area contributed by atoms with Crippen LogP contribution in [0.3, 0.4) is 0 Å². The van der Waals surface area contributed by atoms with Crippen molar-refractivity contribution in [2.24, 2.45) is 0 Å². The molecule has 7 heteroatoms. The van der Waals surface area contributed by atoms with Crippen molar-refractivity contribution in [1.82, 2.24) is 9.80 Å². The average molecular weight is 416 g/mol. The Morgan fingerprint density at radius 3 is 2.50 bits per heavy atom. The molecular formula is C21H22ClN3O2S. The van der Waals surface area contributed by atoms with Crippen molar-refractivity contribution in [2.75, 3.05) is 32.1 Å². The van der Waals surface area contributed by atoms with Gasteiger partial charge in [-0.15, -0.1) is 11.3 Å². The van der Waals surface area contributed by atoms with Crippen LogP contribution < -0.4 is 4.90 Å². The highest BCUT2D eigenvalue weighted by Gasteiger charge is 2.43. The number of benzene rings is 1. The van der Waals surface area contributed by atoms with Crippen LogP contribution in [0.2, 0.25) is 5.02 Å². The Morgan fingerprint density at radius 1 is 1.11 bits per heavy atom. The summed E-state index contributed by atoms with van der Waals surface area (Å²) in [6.07, 6.45) is 1.93. The van der Waals surface area contributed by atoms with Crippen molar-refractivity contribution in [1.29, 1.82) is 0 Å². The molecule has 1 fully saturated rings. The number of piperidine rings is 1. The number of carbonyl (C=O) groups is 2. The summed E-state index contributed by atoms with van der Waals surface area (Å²) >= 11 is 7.59. The molecule has 0 aliphatic carbocycles. The van der Waals surface area contributed by atoms with Crippen LogP contribution in [0.25, 0.3) is 5.57 Å². The molecular weight excluding hydrogens is 394 g/mol. The Kier molecular flexibility index (Phi) is 5.27. The van der Waals surface area contributed by atoms with E-state index in [1.54, 1.807) is 24.3 Å². The maximum Gasteiger partial charge on any atom is 0.282 e. The highest BCUT2D eigenvalue weighted by Crippen LogP contribution is 2.38. The number of carbonyl (C=O) groups excluding carboxylic acids is 2. The number of imide groups is 1. The molecule has 2 amide bonds. The summed E-state index contributed by atoms with van der Waals surface area (Å²) in [5, 5.41) is 2.42. The molecule has 5 nitrogen and oxygen atoms in total. The van der Waals surface area contributed by atoms with Gasteiger partial charge in [-0.3, -0.25) is 9.59 Å². The molecule has 0 spiro atoms. The summed E-state index contributed by atoms with van der Waals surface area (Å²) in [6, 6.07) is 10.9. The van der Waals surface area contributed by atoms with Gasteiger partial charge >= 0.3 is 0 Å². The SMILES string of the molecule is CN1CCC(N(C)C2=C(c3cccs3)C(=O)N(c3cccc(Cl)c3)C2=O)CC1. The van der Waals surface area contributed by atoms with E-state index in [4.69, 9.17) is 11.6 Å². The van der Waals surface area contributed by atoms with E-state index in [0.29, 0.717) is 22.0 Å². The predicted octanol–water partition coefficient (Wildman–Crippen LogP) is 3.71. The fourth-order valence-corrected chi connectivity index (χ4v) is 4.85. The Hall–Kier alpha value is -2.15. The Morgan fingerprint density at radius 2 is 1.86 bits per heavy atom. The van der Waals surface area contributed by atoms with Crippen LogP contribution in [0, 0.1) is 0 Å².